The minimum absolute atomic E-state index is 0.0602. The lowest BCUT2D eigenvalue weighted by Gasteiger charge is -2.35. The van der Waals surface area contributed by atoms with Crippen LogP contribution in [0.15, 0.2) is 178 Å². The number of likely N-dealkylation sites (N-methyl/N-ethyl adjacent to an activating group) is 1. The van der Waals surface area contributed by atoms with Crippen LogP contribution < -0.4 is 64.6 Å². The molecule has 37 heteroatoms. The van der Waals surface area contributed by atoms with Gasteiger partial charge < -0.3 is 54.8 Å². The molecule has 30 nitrogen and oxygen atoms in total. The number of amides is 7. The SMILES string of the molecule is C=CC(=O)Nc1cc(CCCN(C)C)ccc1Cc1cc(N(C)C(=O)Nc2c(Cl)c(OC)cc(OC)c2Cl)ncn1.C=CC(=O)Nc1cc(N2CCN(S(C)(=O)=O)CC2)ccc1Cc1cc(N(C)C(=O)Cc2c(Cl)c(CC)cc(OC)c2Cl)ncn1.C=CC(=O)Nc1ccccc1Cc1cc(N(Cc2ccccn2)C(=O)Cc2c(Cl)c(OC)cc(OC)c2Cl)ncn1. The van der Waals surface area contributed by atoms with E-state index in [0.29, 0.717) is 159 Å². The Bertz CT molecular complexity index is 5710. The number of aromatic nitrogens is 7. The zero-order valence-electron chi connectivity index (χ0n) is 71.8. The summed E-state index contributed by atoms with van der Waals surface area (Å²) in [5.74, 6) is 1.17. The number of nitrogens with zero attached hydrogens (tertiary/aromatic N) is 13. The van der Waals surface area contributed by atoms with Crippen LogP contribution >= 0.6 is 69.6 Å². The molecule has 7 amide bonds. The molecule has 0 atom stereocenters. The molecule has 6 aromatic carbocycles. The Kier molecular flexibility index (Phi) is 36.5. The zero-order valence-corrected chi connectivity index (χ0v) is 77.2. The van der Waals surface area contributed by atoms with Gasteiger partial charge in [0.2, 0.25) is 39.6 Å². The van der Waals surface area contributed by atoms with Crippen LogP contribution in [0.4, 0.5) is 50.7 Å². The summed E-state index contributed by atoms with van der Waals surface area (Å²) in [6.45, 7) is 15.5. The second-order valence-corrected chi connectivity index (χ2v) is 33.0. The number of halogens is 6. The van der Waals surface area contributed by atoms with Gasteiger partial charge in [0, 0.05) is 135 Å². The fourth-order valence-electron chi connectivity index (χ4n) is 13.1. The van der Waals surface area contributed by atoms with Gasteiger partial charge in [-0.1, -0.05) is 139 Å². The first-order valence-corrected chi connectivity index (χ1v) is 43.5. The number of ether oxygens (including phenoxy) is 5. The third kappa shape index (κ3) is 26.8. The van der Waals surface area contributed by atoms with E-state index < -0.39 is 16.1 Å². The van der Waals surface area contributed by atoms with Crippen LogP contribution in [0, 0.1) is 0 Å². The highest BCUT2D eigenvalue weighted by atomic mass is 35.5. The Balaban J connectivity index is 0.000000216. The van der Waals surface area contributed by atoms with Crippen LogP contribution in [0.5, 0.6) is 28.7 Å². The van der Waals surface area contributed by atoms with E-state index >= 15 is 0 Å². The van der Waals surface area contributed by atoms with E-state index in [1.54, 1.807) is 62.8 Å². The molecular weight excluding hydrogens is 1770 g/mol. The van der Waals surface area contributed by atoms with Crippen molar-refractivity contribution in [1.82, 2.24) is 44.1 Å². The number of benzene rings is 6. The standard InChI is InChI=1S/C31H36Cl2N6O5S.C30H27Cl2N5O4.C29H34Cl2N6O4/c1-6-20-15-26(44-4)31(33)24(30(20)32)18-29(41)37(3)27-16-22(34-19-35-27)14-21-8-9-23(17-25(21)36-28(40)7-2)38-10-12-39(13-11-38)45(5,42)43;1-4-27(38)36-23-11-6-5-9-19(23)13-21-14-26(35-18-34-21)37(17-20-10-7-8-12-33-20)28(39)15-22-29(31)24(40-2)16-25(41-3)30(22)32;1-7-25(38)34-21-13-18(9-8-12-36(2)3)10-11-19(21)14-20-15-24(33-17-32-20)37(4)29(39)35-28-26(30)22(40-5)16-23(41-6)27(28)31/h7-9,15-17,19H,2,6,10-14,18H2,1,3-5H3,(H,36,40);4-12,14,16,18H,1,13,15,17H2,2-3H3,(H,36,38);7,10-11,13,15-17H,1,8-9,12,14H2,2-6H3,(H,34,38)(H,35,39). The van der Waals surface area contributed by atoms with Gasteiger partial charge in [-0.2, -0.15) is 4.31 Å². The Morgan fingerprint density at radius 3 is 1.43 bits per heavy atom. The number of rotatable bonds is 34. The summed E-state index contributed by atoms with van der Waals surface area (Å²) in [5, 5.41) is 12.7. The molecule has 0 aliphatic carbocycles. The number of piperazine rings is 1. The van der Waals surface area contributed by atoms with Gasteiger partial charge in [-0.3, -0.25) is 43.7 Å². The number of pyridine rings is 1. The van der Waals surface area contributed by atoms with Crippen molar-refractivity contribution in [2.24, 2.45) is 0 Å². The number of hydrogen-bond acceptors (Lipinski definition) is 22. The van der Waals surface area contributed by atoms with E-state index in [9.17, 15) is 37.2 Å². The lowest BCUT2D eigenvalue weighted by atomic mass is 10.0. The lowest BCUT2D eigenvalue weighted by molar-refractivity contribution is -0.118. The molecule has 0 radical (unpaired) electrons. The zero-order chi connectivity index (χ0) is 92.3. The highest BCUT2D eigenvalue weighted by Gasteiger charge is 2.30. The number of aryl methyl sites for hydroxylation is 2. The van der Waals surface area contributed by atoms with Crippen molar-refractivity contribution >= 4 is 161 Å². The van der Waals surface area contributed by atoms with Gasteiger partial charge in [0.1, 0.15) is 75.2 Å². The number of carbonyl (C=O) groups excluding carboxylic acids is 6. The molecule has 1 aliphatic heterocycles. The molecule has 11 rings (SSSR count). The maximum absolute atomic E-state index is 13.9. The van der Waals surface area contributed by atoms with Gasteiger partial charge >= 0.3 is 6.03 Å². The van der Waals surface area contributed by atoms with Crippen LogP contribution in [0.3, 0.4) is 0 Å². The number of para-hydroxylation sites is 1. The Morgan fingerprint density at radius 2 is 0.929 bits per heavy atom. The van der Waals surface area contributed by atoms with Crippen LogP contribution in [0.1, 0.15) is 75.1 Å². The molecular formula is C90H97Cl6N17O13S. The van der Waals surface area contributed by atoms with Gasteiger partial charge in [-0.25, -0.2) is 43.1 Å². The fraction of sp³-hybridized carbons (Fsp3) is 0.278. The average Bonchev–Trinajstić information content (AvgIpc) is 0.808. The molecule has 1 saturated heterocycles. The van der Waals surface area contributed by atoms with Crippen LogP contribution in [0.25, 0.3) is 0 Å². The largest absolute Gasteiger partial charge is 0.495 e. The summed E-state index contributed by atoms with van der Waals surface area (Å²) in [7, 11) is 11.3. The Hall–Kier alpha value is -12.0. The van der Waals surface area contributed by atoms with Crippen molar-refractivity contribution in [2.75, 3.05) is 144 Å². The number of anilines is 8. The lowest BCUT2D eigenvalue weighted by Crippen LogP contribution is -2.48. The minimum atomic E-state index is -3.26. The summed E-state index contributed by atoms with van der Waals surface area (Å²) in [6.07, 6.45) is 14.0. The predicted molar refractivity (Wildman–Crippen MR) is 501 cm³/mol. The monoisotopic (exact) mass is 1870 g/mol. The number of sulfonamides is 1. The molecule has 10 aromatic rings. The van der Waals surface area contributed by atoms with Crippen molar-refractivity contribution in [1.29, 1.82) is 0 Å². The molecule has 4 N–H and O–H groups in total. The smallest absolute Gasteiger partial charge is 0.327 e. The highest BCUT2D eigenvalue weighted by molar-refractivity contribution is 7.88. The first-order chi connectivity index (χ1) is 60.8. The molecule has 127 heavy (non-hydrogen) atoms. The second-order valence-electron chi connectivity index (χ2n) is 28.7. The summed E-state index contributed by atoms with van der Waals surface area (Å²) < 4.78 is 51.9. The quantitative estimate of drug-likeness (QED) is 0.0272. The van der Waals surface area contributed by atoms with E-state index in [0.717, 1.165) is 52.9 Å². The molecule has 1 aliphatic rings. The van der Waals surface area contributed by atoms with E-state index in [4.69, 9.17) is 93.3 Å². The summed E-state index contributed by atoms with van der Waals surface area (Å²) in [5.41, 5.74) is 10.7. The van der Waals surface area contributed by atoms with Gasteiger partial charge in [-0.15, -0.1) is 0 Å². The summed E-state index contributed by atoms with van der Waals surface area (Å²) in [6, 6.07) is 34.0. The van der Waals surface area contributed by atoms with Gasteiger partial charge in [0.05, 0.1) is 105 Å². The van der Waals surface area contributed by atoms with Gasteiger partial charge in [-0.05, 0) is 128 Å². The number of methoxy groups -OCH3 is 5. The van der Waals surface area contributed by atoms with Crippen LogP contribution in [-0.2, 0) is 85.5 Å². The predicted octanol–water partition coefficient (Wildman–Crippen LogP) is 15.7. The maximum atomic E-state index is 13.9. The number of carbonyl (C=O) groups is 6. The molecule has 1 fully saturated rings. The van der Waals surface area contributed by atoms with E-state index in [1.807, 2.05) is 87.7 Å². The molecule has 0 unspecified atom stereocenters. The van der Waals surface area contributed by atoms with Crippen molar-refractivity contribution in [3.63, 3.8) is 0 Å². The first kappa shape index (κ1) is 98.7. The van der Waals surface area contributed by atoms with E-state index in [1.165, 1.54) is 104 Å². The molecule has 4 aromatic heterocycles. The maximum Gasteiger partial charge on any atom is 0.327 e. The topological polar surface area (TPSA) is 340 Å². The van der Waals surface area contributed by atoms with Crippen molar-refractivity contribution < 1.29 is 60.9 Å². The van der Waals surface area contributed by atoms with Crippen LogP contribution in [0.2, 0.25) is 30.1 Å². The summed E-state index contributed by atoms with van der Waals surface area (Å²) >= 11 is 39.1. The molecule has 668 valence electrons. The van der Waals surface area contributed by atoms with Crippen LogP contribution in [-0.4, -0.2) is 191 Å². The Morgan fingerprint density at radius 1 is 0.472 bits per heavy atom. The van der Waals surface area contributed by atoms with Crippen molar-refractivity contribution in [2.45, 2.75) is 64.8 Å². The number of hydrogen-bond donors (Lipinski definition) is 4. The van der Waals surface area contributed by atoms with Crippen molar-refractivity contribution in [3.05, 3.63) is 270 Å². The highest BCUT2D eigenvalue weighted by Crippen LogP contribution is 2.46. The second kappa shape index (κ2) is 47.0. The molecule has 0 bridgehead atoms. The first-order valence-electron chi connectivity index (χ1n) is 39.4. The van der Waals surface area contributed by atoms with Gasteiger partial charge in [0.25, 0.3) is 0 Å². The fourth-order valence-corrected chi connectivity index (χ4v) is 15.9. The molecule has 5 heterocycles. The Labute approximate surface area is 768 Å². The van der Waals surface area contributed by atoms with E-state index in [-0.39, 0.29) is 74.7 Å². The molecule has 0 saturated carbocycles. The third-order valence-corrected chi connectivity index (χ3v) is 23.8. The number of urea groups is 1. The number of nitrogens with one attached hydrogen (secondary N) is 4. The summed E-state index contributed by atoms with van der Waals surface area (Å²) in [4.78, 5) is 116. The molecule has 0 spiro atoms. The minimum Gasteiger partial charge on any atom is -0.495 e. The van der Waals surface area contributed by atoms with E-state index in [2.05, 4.69) is 85.7 Å². The van der Waals surface area contributed by atoms with Crippen molar-refractivity contribution in [3.8, 4) is 28.7 Å². The normalized spacial score (nSPS) is 11.7. The average molecular weight is 1870 g/mol. The third-order valence-electron chi connectivity index (χ3n) is 20.1. The van der Waals surface area contributed by atoms with Gasteiger partial charge in [0.15, 0.2) is 0 Å².